The molecule has 31 heavy (non-hydrogen) atoms. The normalized spacial score (nSPS) is 12.4. The van der Waals surface area contributed by atoms with Crippen molar-refractivity contribution in [1.29, 1.82) is 0 Å². The van der Waals surface area contributed by atoms with E-state index >= 15 is 0 Å². The fourth-order valence-corrected chi connectivity index (χ4v) is 5.39. The molecule has 1 unspecified atom stereocenters. The van der Waals surface area contributed by atoms with Crippen molar-refractivity contribution in [3.63, 3.8) is 0 Å². The van der Waals surface area contributed by atoms with Crippen LogP contribution in [0.15, 0.2) is 12.1 Å². The summed E-state index contributed by atoms with van der Waals surface area (Å²) in [5.41, 5.74) is 6.81. The van der Waals surface area contributed by atoms with Crippen molar-refractivity contribution < 1.29 is 0 Å². The van der Waals surface area contributed by atoms with Gasteiger partial charge in [0.25, 0.3) is 0 Å². The molecule has 1 rings (SSSR count). The lowest BCUT2D eigenvalue weighted by molar-refractivity contribution is 0.514. The van der Waals surface area contributed by atoms with E-state index in [1.807, 2.05) is 0 Å². The highest BCUT2D eigenvalue weighted by molar-refractivity contribution is 5.43. The van der Waals surface area contributed by atoms with Crippen molar-refractivity contribution in [2.45, 2.75) is 163 Å². The van der Waals surface area contributed by atoms with Crippen LogP contribution in [0.3, 0.4) is 0 Å². The van der Waals surface area contributed by atoms with Gasteiger partial charge < -0.3 is 0 Å². The van der Waals surface area contributed by atoms with Crippen molar-refractivity contribution in [2.24, 2.45) is 0 Å². The van der Waals surface area contributed by atoms with Crippen LogP contribution in [-0.4, -0.2) is 0 Å². The molecule has 1 atom stereocenters. The molecule has 0 N–H and O–H groups in total. The quantitative estimate of drug-likeness (QED) is 0.181. The van der Waals surface area contributed by atoms with Gasteiger partial charge in [-0.15, -0.1) is 0 Å². The number of rotatable bonds is 20. The third-order valence-corrected chi connectivity index (χ3v) is 7.17. The van der Waals surface area contributed by atoms with E-state index in [0.717, 1.165) is 5.92 Å². The molecular weight excluding hydrogens is 372 g/mol. The highest BCUT2D eigenvalue weighted by Crippen LogP contribution is 2.34. The molecule has 0 heterocycles. The molecular formula is C31H56. The summed E-state index contributed by atoms with van der Waals surface area (Å²) in [6, 6.07) is 5.02. The van der Waals surface area contributed by atoms with Crippen LogP contribution in [0, 0.1) is 0 Å². The van der Waals surface area contributed by atoms with E-state index in [-0.39, 0.29) is 0 Å². The van der Waals surface area contributed by atoms with Gasteiger partial charge in [-0.25, -0.2) is 0 Å². The SMILES string of the molecule is CCCCCCCCCCCCCC(CC)c1ccc(CCC)c(CCC)c1CCC. The summed E-state index contributed by atoms with van der Waals surface area (Å²) >= 11 is 0. The maximum Gasteiger partial charge on any atom is -0.0162 e. The molecule has 1 aromatic carbocycles. The van der Waals surface area contributed by atoms with E-state index in [1.54, 1.807) is 22.3 Å². The van der Waals surface area contributed by atoms with E-state index < -0.39 is 0 Å². The molecule has 0 bridgehead atoms. The van der Waals surface area contributed by atoms with Crippen LogP contribution in [0.4, 0.5) is 0 Å². The maximum absolute atomic E-state index is 2.53. The summed E-state index contributed by atoms with van der Waals surface area (Å²) < 4.78 is 0. The van der Waals surface area contributed by atoms with Gasteiger partial charge in [-0.05, 0) is 60.3 Å². The minimum Gasteiger partial charge on any atom is -0.0654 e. The summed E-state index contributed by atoms with van der Waals surface area (Å²) in [4.78, 5) is 0. The van der Waals surface area contributed by atoms with Crippen molar-refractivity contribution in [2.75, 3.05) is 0 Å². The summed E-state index contributed by atoms with van der Waals surface area (Å²) in [6.07, 6.45) is 26.1. The Kier molecular flexibility index (Phi) is 17.1. The molecule has 0 saturated carbocycles. The molecule has 0 radical (unpaired) electrons. The molecule has 0 aliphatic rings. The first-order valence-electron chi connectivity index (χ1n) is 14.4. The molecule has 1 aromatic rings. The van der Waals surface area contributed by atoms with Crippen LogP contribution in [0.2, 0.25) is 0 Å². The lowest BCUT2D eigenvalue weighted by Gasteiger charge is -2.24. The summed E-state index contributed by atoms with van der Waals surface area (Å²) in [6.45, 7) is 11.7. The fourth-order valence-electron chi connectivity index (χ4n) is 5.39. The molecule has 0 aliphatic carbocycles. The lowest BCUT2D eigenvalue weighted by atomic mass is 9.81. The molecule has 0 aliphatic heterocycles. The van der Waals surface area contributed by atoms with Crippen molar-refractivity contribution in [1.82, 2.24) is 0 Å². The van der Waals surface area contributed by atoms with Gasteiger partial charge in [0.1, 0.15) is 0 Å². The zero-order valence-corrected chi connectivity index (χ0v) is 22.2. The zero-order valence-electron chi connectivity index (χ0n) is 22.2. The van der Waals surface area contributed by atoms with Crippen LogP contribution in [-0.2, 0) is 19.3 Å². The molecule has 0 fully saturated rings. The van der Waals surface area contributed by atoms with Gasteiger partial charge in [0, 0.05) is 0 Å². The topological polar surface area (TPSA) is 0 Å². The van der Waals surface area contributed by atoms with Crippen LogP contribution in [0.25, 0.3) is 0 Å². The Morgan fingerprint density at radius 3 is 1.55 bits per heavy atom. The Balaban J connectivity index is 2.54. The maximum atomic E-state index is 2.53. The van der Waals surface area contributed by atoms with Crippen LogP contribution in [0.1, 0.15) is 166 Å². The Labute approximate surface area is 197 Å². The monoisotopic (exact) mass is 428 g/mol. The van der Waals surface area contributed by atoms with Crippen molar-refractivity contribution >= 4 is 0 Å². The Morgan fingerprint density at radius 2 is 1.03 bits per heavy atom. The molecule has 180 valence electrons. The van der Waals surface area contributed by atoms with E-state index in [4.69, 9.17) is 0 Å². The van der Waals surface area contributed by atoms with Gasteiger partial charge >= 0.3 is 0 Å². The highest BCUT2D eigenvalue weighted by Gasteiger charge is 2.18. The Morgan fingerprint density at radius 1 is 0.516 bits per heavy atom. The zero-order chi connectivity index (χ0) is 22.7. The predicted molar refractivity (Wildman–Crippen MR) is 143 cm³/mol. The number of benzene rings is 1. The van der Waals surface area contributed by atoms with E-state index in [1.165, 1.54) is 122 Å². The number of hydrogen-bond acceptors (Lipinski definition) is 0. The van der Waals surface area contributed by atoms with Gasteiger partial charge in [-0.2, -0.15) is 0 Å². The van der Waals surface area contributed by atoms with E-state index in [9.17, 15) is 0 Å². The largest absolute Gasteiger partial charge is 0.0654 e. The van der Waals surface area contributed by atoms with Gasteiger partial charge in [0.2, 0.25) is 0 Å². The fraction of sp³-hybridized carbons (Fsp3) is 0.806. The first kappa shape index (κ1) is 28.3. The Hall–Kier alpha value is -0.780. The number of aryl methyl sites for hydroxylation is 1. The summed E-state index contributed by atoms with van der Waals surface area (Å²) in [7, 11) is 0. The summed E-state index contributed by atoms with van der Waals surface area (Å²) in [5.74, 6) is 0.770. The van der Waals surface area contributed by atoms with Crippen molar-refractivity contribution in [3.8, 4) is 0 Å². The van der Waals surface area contributed by atoms with Crippen LogP contribution >= 0.6 is 0 Å². The van der Waals surface area contributed by atoms with Gasteiger partial charge in [-0.1, -0.05) is 137 Å². The second kappa shape index (κ2) is 18.8. The first-order valence-corrected chi connectivity index (χ1v) is 14.4. The van der Waals surface area contributed by atoms with E-state index in [2.05, 4.69) is 46.8 Å². The van der Waals surface area contributed by atoms with Crippen LogP contribution < -0.4 is 0 Å². The molecule has 0 nitrogen and oxygen atoms in total. The average molecular weight is 429 g/mol. The van der Waals surface area contributed by atoms with E-state index in [0.29, 0.717) is 0 Å². The molecule has 0 aromatic heterocycles. The predicted octanol–water partition coefficient (Wildman–Crippen LogP) is 10.7. The highest BCUT2D eigenvalue weighted by atomic mass is 14.2. The van der Waals surface area contributed by atoms with Gasteiger partial charge in [0.05, 0.1) is 0 Å². The lowest BCUT2D eigenvalue weighted by Crippen LogP contribution is -2.09. The smallest absolute Gasteiger partial charge is 0.0162 e. The molecule has 0 amide bonds. The third kappa shape index (κ3) is 11.1. The molecule has 0 spiro atoms. The molecule has 0 saturated heterocycles. The average Bonchev–Trinajstić information content (AvgIpc) is 2.78. The van der Waals surface area contributed by atoms with Crippen LogP contribution in [0.5, 0.6) is 0 Å². The number of unbranched alkanes of at least 4 members (excludes halogenated alkanes) is 10. The second-order valence-electron chi connectivity index (χ2n) is 9.95. The third-order valence-electron chi connectivity index (χ3n) is 7.17. The van der Waals surface area contributed by atoms with Crippen molar-refractivity contribution in [3.05, 3.63) is 34.4 Å². The number of hydrogen-bond donors (Lipinski definition) is 0. The van der Waals surface area contributed by atoms with Gasteiger partial charge in [-0.3, -0.25) is 0 Å². The minimum absolute atomic E-state index is 0.770. The van der Waals surface area contributed by atoms with Gasteiger partial charge in [0.15, 0.2) is 0 Å². The second-order valence-corrected chi connectivity index (χ2v) is 9.95. The minimum atomic E-state index is 0.770. The first-order chi connectivity index (χ1) is 15.2. The standard InChI is InChI=1S/C31H56/c1-6-11-12-13-14-15-16-17-18-19-20-24-27(10-5)30-26-25-28(21-7-2)29(22-8-3)31(30)23-9-4/h25-27H,6-24H2,1-5H3. The molecule has 0 heteroatoms. The summed E-state index contributed by atoms with van der Waals surface area (Å²) in [5, 5.41) is 0. The Bertz CT molecular complexity index is 541.